The van der Waals surface area contributed by atoms with E-state index in [0.29, 0.717) is 4.88 Å². The van der Waals surface area contributed by atoms with Crippen LogP contribution < -0.4 is 5.32 Å². The van der Waals surface area contributed by atoms with Gasteiger partial charge in [-0.2, -0.15) is 0 Å². The predicted molar refractivity (Wildman–Crippen MR) is 95.1 cm³/mol. The standard InChI is InChI=1S/C19H17N3OS/c1-12-17(24-19(21-12)16-8-4-5-11-20-16)18(23)22-15-10-9-13-6-2-3-7-14(13)15/h2-8,11,15H,9-10H2,1H3,(H,22,23)/t15-/m0/s1. The van der Waals surface area contributed by atoms with Crippen LogP contribution in [0.3, 0.4) is 0 Å². The molecular formula is C19H17N3OS. The van der Waals surface area contributed by atoms with E-state index in [2.05, 4.69) is 33.5 Å². The van der Waals surface area contributed by atoms with Crippen LogP contribution in [0.5, 0.6) is 0 Å². The van der Waals surface area contributed by atoms with Gasteiger partial charge in [-0.3, -0.25) is 9.78 Å². The van der Waals surface area contributed by atoms with Gasteiger partial charge in [-0.25, -0.2) is 4.98 Å². The fourth-order valence-corrected chi connectivity index (χ4v) is 4.08. The summed E-state index contributed by atoms with van der Waals surface area (Å²) in [5.74, 6) is -0.0473. The molecule has 0 radical (unpaired) electrons. The van der Waals surface area contributed by atoms with Crippen LogP contribution in [0.4, 0.5) is 0 Å². The van der Waals surface area contributed by atoms with Crippen molar-refractivity contribution < 1.29 is 4.79 Å². The van der Waals surface area contributed by atoms with Gasteiger partial charge in [0.15, 0.2) is 0 Å². The van der Waals surface area contributed by atoms with Crippen LogP contribution in [0.1, 0.15) is 39.0 Å². The number of nitrogens with one attached hydrogen (secondary N) is 1. The van der Waals surface area contributed by atoms with Crippen LogP contribution in [-0.4, -0.2) is 15.9 Å². The maximum absolute atomic E-state index is 12.7. The fourth-order valence-electron chi connectivity index (χ4n) is 3.14. The zero-order chi connectivity index (χ0) is 16.5. The Hall–Kier alpha value is -2.53. The lowest BCUT2D eigenvalue weighted by Crippen LogP contribution is -2.26. The Morgan fingerprint density at radius 1 is 1.21 bits per heavy atom. The van der Waals surface area contributed by atoms with E-state index in [4.69, 9.17) is 0 Å². The highest BCUT2D eigenvalue weighted by atomic mass is 32.1. The molecule has 1 N–H and O–H groups in total. The molecule has 1 aromatic carbocycles. The zero-order valence-corrected chi connectivity index (χ0v) is 14.1. The highest BCUT2D eigenvalue weighted by Crippen LogP contribution is 2.32. The molecule has 3 aromatic rings. The monoisotopic (exact) mass is 335 g/mol. The van der Waals surface area contributed by atoms with Crippen molar-refractivity contribution in [1.82, 2.24) is 15.3 Å². The van der Waals surface area contributed by atoms with Gasteiger partial charge in [-0.15, -0.1) is 11.3 Å². The number of nitrogens with zero attached hydrogens (tertiary/aromatic N) is 2. The van der Waals surface area contributed by atoms with Crippen LogP contribution >= 0.6 is 11.3 Å². The number of pyridine rings is 1. The molecule has 0 aliphatic heterocycles. The van der Waals surface area contributed by atoms with Gasteiger partial charge in [0.1, 0.15) is 9.88 Å². The molecule has 2 heterocycles. The fraction of sp³-hybridized carbons (Fsp3) is 0.211. The van der Waals surface area contributed by atoms with Crippen LogP contribution in [0, 0.1) is 6.92 Å². The molecule has 0 saturated heterocycles. The molecule has 24 heavy (non-hydrogen) atoms. The van der Waals surface area contributed by atoms with Gasteiger partial charge in [-0.1, -0.05) is 30.3 Å². The van der Waals surface area contributed by atoms with Crippen LogP contribution in [0.15, 0.2) is 48.7 Å². The van der Waals surface area contributed by atoms with Crippen LogP contribution in [0.25, 0.3) is 10.7 Å². The number of fused-ring (bicyclic) bond motifs is 1. The largest absolute Gasteiger partial charge is 0.344 e. The van der Waals surface area contributed by atoms with E-state index in [1.54, 1.807) is 6.20 Å². The Morgan fingerprint density at radius 2 is 2.04 bits per heavy atom. The first kappa shape index (κ1) is 15.0. The van der Waals surface area contributed by atoms with E-state index < -0.39 is 0 Å². The number of rotatable bonds is 3. The van der Waals surface area contributed by atoms with Crippen molar-refractivity contribution in [2.24, 2.45) is 0 Å². The van der Waals surface area contributed by atoms with E-state index >= 15 is 0 Å². The molecule has 0 saturated carbocycles. The Balaban J connectivity index is 1.57. The van der Waals surface area contributed by atoms with Crippen molar-refractivity contribution in [2.75, 3.05) is 0 Å². The number of hydrogen-bond donors (Lipinski definition) is 1. The number of hydrogen-bond acceptors (Lipinski definition) is 4. The molecule has 0 bridgehead atoms. The lowest BCUT2D eigenvalue weighted by molar-refractivity contribution is 0.0940. The summed E-state index contributed by atoms with van der Waals surface area (Å²) in [4.78, 5) is 22.2. The summed E-state index contributed by atoms with van der Waals surface area (Å²) in [7, 11) is 0. The average Bonchev–Trinajstić information content (AvgIpc) is 3.20. The Kier molecular flexibility index (Phi) is 3.86. The smallest absolute Gasteiger partial charge is 0.263 e. The molecule has 1 aliphatic rings. The summed E-state index contributed by atoms with van der Waals surface area (Å²) in [6.45, 7) is 1.88. The molecule has 4 nitrogen and oxygen atoms in total. The zero-order valence-electron chi connectivity index (χ0n) is 13.3. The number of aryl methyl sites for hydroxylation is 2. The molecule has 0 fully saturated rings. The van der Waals surface area contributed by atoms with E-state index in [-0.39, 0.29) is 11.9 Å². The highest BCUT2D eigenvalue weighted by molar-refractivity contribution is 7.17. The minimum atomic E-state index is -0.0473. The van der Waals surface area contributed by atoms with Gasteiger partial charge in [0.05, 0.1) is 17.4 Å². The predicted octanol–water partition coefficient (Wildman–Crippen LogP) is 3.93. The first-order valence-corrected chi connectivity index (χ1v) is 8.81. The number of aromatic nitrogens is 2. The number of amides is 1. The summed E-state index contributed by atoms with van der Waals surface area (Å²) < 4.78 is 0. The SMILES string of the molecule is Cc1nc(-c2ccccn2)sc1C(=O)N[C@H]1CCc2ccccc21. The Morgan fingerprint density at radius 3 is 2.88 bits per heavy atom. The van der Waals surface area contributed by atoms with Gasteiger partial charge < -0.3 is 5.32 Å². The summed E-state index contributed by atoms with van der Waals surface area (Å²) in [5.41, 5.74) is 4.12. The highest BCUT2D eigenvalue weighted by Gasteiger charge is 2.25. The summed E-state index contributed by atoms with van der Waals surface area (Å²) >= 11 is 1.40. The number of benzene rings is 1. The molecule has 0 spiro atoms. The lowest BCUT2D eigenvalue weighted by Gasteiger charge is -2.13. The molecule has 1 atom stereocenters. The second-order valence-corrected chi connectivity index (χ2v) is 6.91. The van der Waals surface area contributed by atoms with E-state index in [0.717, 1.165) is 29.2 Å². The van der Waals surface area contributed by atoms with Gasteiger partial charge >= 0.3 is 0 Å². The first-order chi connectivity index (χ1) is 11.7. The Bertz CT molecular complexity index is 889. The van der Waals surface area contributed by atoms with Crippen molar-refractivity contribution in [3.8, 4) is 10.7 Å². The molecule has 2 aromatic heterocycles. The number of carbonyl (C=O) groups is 1. The average molecular weight is 335 g/mol. The van der Waals surface area contributed by atoms with Gasteiger partial charge in [0, 0.05) is 6.20 Å². The normalized spacial score (nSPS) is 16.0. The van der Waals surface area contributed by atoms with Crippen molar-refractivity contribution in [3.05, 3.63) is 70.4 Å². The second-order valence-electron chi connectivity index (χ2n) is 5.91. The maximum Gasteiger partial charge on any atom is 0.263 e. The summed E-state index contributed by atoms with van der Waals surface area (Å²) in [5, 5.41) is 3.95. The van der Waals surface area contributed by atoms with E-state index in [1.165, 1.54) is 22.5 Å². The molecule has 1 amide bonds. The first-order valence-electron chi connectivity index (χ1n) is 8.00. The molecule has 4 rings (SSSR count). The minimum absolute atomic E-state index is 0.0473. The van der Waals surface area contributed by atoms with Crippen molar-refractivity contribution in [2.45, 2.75) is 25.8 Å². The van der Waals surface area contributed by atoms with Gasteiger partial charge in [-0.05, 0) is 43.0 Å². The third-order valence-electron chi connectivity index (χ3n) is 4.33. The van der Waals surface area contributed by atoms with E-state index in [1.807, 2.05) is 31.2 Å². The van der Waals surface area contributed by atoms with Crippen LogP contribution in [0.2, 0.25) is 0 Å². The molecule has 5 heteroatoms. The van der Waals surface area contributed by atoms with Gasteiger partial charge in [0.2, 0.25) is 0 Å². The summed E-state index contributed by atoms with van der Waals surface area (Å²) in [6.07, 6.45) is 3.71. The minimum Gasteiger partial charge on any atom is -0.344 e. The lowest BCUT2D eigenvalue weighted by atomic mass is 10.1. The third kappa shape index (κ3) is 2.71. The van der Waals surface area contributed by atoms with E-state index in [9.17, 15) is 4.79 Å². The molecule has 120 valence electrons. The third-order valence-corrected chi connectivity index (χ3v) is 5.50. The number of thiazole rings is 1. The summed E-state index contributed by atoms with van der Waals surface area (Å²) in [6, 6.07) is 14.1. The topological polar surface area (TPSA) is 54.9 Å². The molecule has 1 aliphatic carbocycles. The Labute approximate surface area is 144 Å². The second kappa shape index (κ2) is 6.17. The quantitative estimate of drug-likeness (QED) is 0.789. The van der Waals surface area contributed by atoms with Crippen molar-refractivity contribution in [1.29, 1.82) is 0 Å². The number of carbonyl (C=O) groups excluding carboxylic acids is 1. The van der Waals surface area contributed by atoms with Crippen LogP contribution in [-0.2, 0) is 6.42 Å². The van der Waals surface area contributed by atoms with Crippen molar-refractivity contribution >= 4 is 17.2 Å². The molecular weight excluding hydrogens is 318 g/mol. The maximum atomic E-state index is 12.7. The van der Waals surface area contributed by atoms with Gasteiger partial charge in [0.25, 0.3) is 5.91 Å². The molecule has 0 unspecified atom stereocenters. The van der Waals surface area contributed by atoms with Crippen molar-refractivity contribution in [3.63, 3.8) is 0 Å².